The predicted octanol–water partition coefficient (Wildman–Crippen LogP) is 3.66. The van der Waals surface area contributed by atoms with Crippen LogP contribution in [-0.2, 0) is 0 Å². The van der Waals surface area contributed by atoms with E-state index in [-0.39, 0.29) is 5.56 Å². The number of carbonyl (C=O) groups is 1. The normalized spacial score (nSPS) is 18.0. The zero-order valence-corrected chi connectivity index (χ0v) is 12.3. The number of fused-ring (bicyclic) bond motifs is 1. The van der Waals surface area contributed by atoms with Crippen LogP contribution in [0.15, 0.2) is 18.2 Å². The van der Waals surface area contributed by atoms with Crippen LogP contribution in [0.1, 0.15) is 61.8 Å². The maximum absolute atomic E-state index is 11.0. The van der Waals surface area contributed by atoms with E-state index in [4.69, 9.17) is 5.11 Å². The second-order valence-corrected chi connectivity index (χ2v) is 5.92. The van der Waals surface area contributed by atoms with Crippen LogP contribution in [0.5, 0.6) is 0 Å². The highest BCUT2D eigenvalue weighted by atomic mass is 16.4. The Balaban J connectivity index is 1.96. The predicted molar refractivity (Wildman–Crippen MR) is 80.4 cm³/mol. The molecule has 5 nitrogen and oxygen atoms in total. The molecule has 0 aliphatic heterocycles. The van der Waals surface area contributed by atoms with Crippen molar-refractivity contribution < 1.29 is 9.90 Å². The van der Waals surface area contributed by atoms with Gasteiger partial charge in [-0.25, -0.2) is 9.48 Å². The van der Waals surface area contributed by atoms with Crippen molar-refractivity contribution >= 4 is 17.0 Å². The minimum atomic E-state index is -0.925. The van der Waals surface area contributed by atoms with Gasteiger partial charge in [-0.1, -0.05) is 31.4 Å². The lowest BCUT2D eigenvalue weighted by Gasteiger charge is -2.29. The average molecular weight is 287 g/mol. The molecule has 0 bridgehead atoms. The number of hydrogen-bond acceptors (Lipinski definition) is 3. The molecule has 0 spiro atoms. The van der Waals surface area contributed by atoms with E-state index in [0.29, 0.717) is 17.5 Å². The lowest BCUT2D eigenvalue weighted by atomic mass is 9.83. The molecule has 5 heteroatoms. The number of carboxylic acids is 1. The van der Waals surface area contributed by atoms with Gasteiger partial charge in [0.15, 0.2) is 0 Å². The second-order valence-electron chi connectivity index (χ2n) is 5.92. The topological polar surface area (TPSA) is 68.0 Å². The van der Waals surface area contributed by atoms with Gasteiger partial charge >= 0.3 is 5.97 Å². The first kappa shape index (κ1) is 14.0. The molecular formula is C16H21N3O2. The van der Waals surface area contributed by atoms with Gasteiger partial charge in [-0.3, -0.25) is 0 Å². The van der Waals surface area contributed by atoms with Gasteiger partial charge in [-0.2, -0.15) is 0 Å². The highest BCUT2D eigenvalue weighted by Crippen LogP contribution is 2.35. The SMILES string of the molecule is CCC(C1CCCCC1)n1nnc2cc(C(=O)O)ccc21. The number of hydrogen-bond donors (Lipinski definition) is 1. The van der Waals surface area contributed by atoms with E-state index in [9.17, 15) is 4.79 Å². The van der Waals surface area contributed by atoms with E-state index in [0.717, 1.165) is 11.9 Å². The molecule has 1 atom stereocenters. The number of benzene rings is 1. The van der Waals surface area contributed by atoms with Gasteiger partial charge in [0.1, 0.15) is 5.52 Å². The molecule has 0 radical (unpaired) electrons. The first-order valence-corrected chi connectivity index (χ1v) is 7.79. The molecule has 1 unspecified atom stereocenters. The smallest absolute Gasteiger partial charge is 0.335 e. The summed E-state index contributed by atoms with van der Waals surface area (Å²) in [4.78, 5) is 11.0. The van der Waals surface area contributed by atoms with E-state index in [1.54, 1.807) is 12.1 Å². The zero-order valence-electron chi connectivity index (χ0n) is 12.3. The summed E-state index contributed by atoms with van der Waals surface area (Å²) >= 11 is 0. The van der Waals surface area contributed by atoms with Crippen LogP contribution in [-0.4, -0.2) is 26.1 Å². The fourth-order valence-corrected chi connectivity index (χ4v) is 3.54. The molecule has 1 aromatic carbocycles. The molecule has 3 rings (SSSR count). The highest BCUT2D eigenvalue weighted by molar-refractivity contribution is 5.92. The maximum Gasteiger partial charge on any atom is 0.335 e. The molecule has 21 heavy (non-hydrogen) atoms. The molecule has 1 heterocycles. The third-order valence-electron chi connectivity index (χ3n) is 4.64. The van der Waals surface area contributed by atoms with E-state index < -0.39 is 5.97 Å². The quantitative estimate of drug-likeness (QED) is 0.931. The van der Waals surface area contributed by atoms with Crippen molar-refractivity contribution in [3.8, 4) is 0 Å². The van der Waals surface area contributed by atoms with Crippen molar-refractivity contribution in [3.63, 3.8) is 0 Å². The fourth-order valence-electron chi connectivity index (χ4n) is 3.54. The summed E-state index contributed by atoms with van der Waals surface area (Å²) in [6, 6.07) is 5.45. The minimum Gasteiger partial charge on any atom is -0.478 e. The van der Waals surface area contributed by atoms with E-state index >= 15 is 0 Å². The van der Waals surface area contributed by atoms with Crippen LogP contribution in [0.3, 0.4) is 0 Å². The first-order chi connectivity index (χ1) is 10.2. The molecule has 1 aliphatic carbocycles. The Labute approximate surface area is 124 Å². The standard InChI is InChI=1S/C16H21N3O2/c1-2-14(11-6-4-3-5-7-11)19-15-9-8-12(16(20)21)10-13(15)17-18-19/h8-11,14H,2-7H2,1H3,(H,20,21). The minimum absolute atomic E-state index is 0.264. The summed E-state index contributed by atoms with van der Waals surface area (Å²) in [7, 11) is 0. The Kier molecular flexibility index (Phi) is 3.90. The highest BCUT2D eigenvalue weighted by Gasteiger charge is 2.26. The Hall–Kier alpha value is -1.91. The van der Waals surface area contributed by atoms with Gasteiger partial charge in [0.05, 0.1) is 17.1 Å². The van der Waals surface area contributed by atoms with Crippen LogP contribution >= 0.6 is 0 Å². The summed E-state index contributed by atoms with van der Waals surface area (Å²) in [5.74, 6) is -0.265. The van der Waals surface area contributed by atoms with Crippen LogP contribution in [0, 0.1) is 5.92 Å². The molecule has 1 aliphatic rings. The molecule has 1 aromatic heterocycles. The van der Waals surface area contributed by atoms with Gasteiger partial charge < -0.3 is 5.11 Å². The van der Waals surface area contributed by atoms with Gasteiger partial charge in [-0.15, -0.1) is 5.10 Å². The third kappa shape index (κ3) is 2.64. The van der Waals surface area contributed by atoms with Crippen LogP contribution in [0.4, 0.5) is 0 Å². The molecule has 1 N–H and O–H groups in total. The van der Waals surface area contributed by atoms with Gasteiger partial charge in [-0.05, 0) is 43.4 Å². The summed E-state index contributed by atoms with van der Waals surface area (Å²) < 4.78 is 2.01. The van der Waals surface area contributed by atoms with Gasteiger partial charge in [0.2, 0.25) is 0 Å². The maximum atomic E-state index is 11.0. The zero-order chi connectivity index (χ0) is 14.8. The molecular weight excluding hydrogens is 266 g/mol. The molecule has 0 amide bonds. The summed E-state index contributed by atoms with van der Waals surface area (Å²) in [5, 5.41) is 17.5. The molecule has 1 saturated carbocycles. The molecule has 0 saturated heterocycles. The summed E-state index contributed by atoms with van der Waals surface area (Å²) in [6.07, 6.45) is 7.49. The summed E-state index contributed by atoms with van der Waals surface area (Å²) in [6.45, 7) is 2.19. The van der Waals surface area contributed by atoms with Gasteiger partial charge in [0, 0.05) is 0 Å². The van der Waals surface area contributed by atoms with Crippen molar-refractivity contribution in [1.29, 1.82) is 0 Å². The van der Waals surface area contributed by atoms with Crippen LogP contribution in [0.25, 0.3) is 11.0 Å². The average Bonchev–Trinajstić information content (AvgIpc) is 2.92. The summed E-state index contributed by atoms with van der Waals surface area (Å²) in [5.41, 5.74) is 1.88. The Morgan fingerprint density at radius 1 is 1.38 bits per heavy atom. The fraction of sp³-hybridized carbons (Fsp3) is 0.562. The van der Waals surface area contributed by atoms with Gasteiger partial charge in [0.25, 0.3) is 0 Å². The van der Waals surface area contributed by atoms with E-state index in [2.05, 4.69) is 17.2 Å². The van der Waals surface area contributed by atoms with Crippen molar-refractivity contribution in [2.45, 2.75) is 51.5 Å². The Morgan fingerprint density at radius 2 is 2.14 bits per heavy atom. The number of aromatic carboxylic acids is 1. The number of nitrogens with zero attached hydrogens (tertiary/aromatic N) is 3. The Morgan fingerprint density at radius 3 is 2.81 bits per heavy atom. The number of aromatic nitrogens is 3. The number of carboxylic acid groups (broad SMARTS) is 1. The van der Waals surface area contributed by atoms with Crippen molar-refractivity contribution in [2.75, 3.05) is 0 Å². The first-order valence-electron chi connectivity index (χ1n) is 7.79. The van der Waals surface area contributed by atoms with Crippen molar-refractivity contribution in [3.05, 3.63) is 23.8 Å². The number of rotatable bonds is 4. The molecule has 2 aromatic rings. The van der Waals surface area contributed by atoms with Crippen molar-refractivity contribution in [1.82, 2.24) is 15.0 Å². The Bertz CT molecular complexity index is 644. The second kappa shape index (κ2) is 5.84. The van der Waals surface area contributed by atoms with Crippen LogP contribution in [0.2, 0.25) is 0 Å². The largest absolute Gasteiger partial charge is 0.478 e. The van der Waals surface area contributed by atoms with E-state index in [1.807, 2.05) is 10.7 Å². The van der Waals surface area contributed by atoms with E-state index in [1.165, 1.54) is 32.1 Å². The molecule has 1 fully saturated rings. The monoisotopic (exact) mass is 287 g/mol. The third-order valence-corrected chi connectivity index (χ3v) is 4.64. The molecule has 112 valence electrons. The van der Waals surface area contributed by atoms with Crippen molar-refractivity contribution in [2.24, 2.45) is 5.92 Å². The lowest BCUT2D eigenvalue weighted by Crippen LogP contribution is -2.22. The van der Waals surface area contributed by atoms with Crippen LogP contribution < -0.4 is 0 Å². The lowest BCUT2D eigenvalue weighted by molar-refractivity contribution is 0.0697.